The van der Waals surface area contributed by atoms with Crippen molar-refractivity contribution in [2.45, 2.75) is 122 Å². The molecule has 0 radical (unpaired) electrons. The van der Waals surface area contributed by atoms with Crippen LogP contribution >= 0.6 is 0 Å². The fraction of sp³-hybridized carbons (Fsp3) is 0.750. The zero-order valence-corrected chi connectivity index (χ0v) is 20.6. The third kappa shape index (κ3) is 17.1. The molecule has 1 rings (SSSR count). The summed E-state index contributed by atoms with van der Waals surface area (Å²) in [7, 11) is 0. The standard InChI is InChI=1S/C28H48O4/c1-2-3-4-5-6-7-8-9-10-11-12-13-14-15-16-20-23-27(28(29)30)32-25-24-31-26-21-18-17-19-22-26/h17-19,21-22,27H,2-16,20,23-25H2,1H3,(H,29,30). The van der Waals surface area contributed by atoms with Crippen LogP contribution in [0.2, 0.25) is 0 Å². The highest BCUT2D eigenvalue weighted by atomic mass is 16.5. The van der Waals surface area contributed by atoms with Crippen LogP contribution in [-0.2, 0) is 9.53 Å². The Morgan fingerprint density at radius 3 is 1.66 bits per heavy atom. The van der Waals surface area contributed by atoms with Crippen LogP contribution in [0.3, 0.4) is 0 Å². The fourth-order valence-corrected chi connectivity index (χ4v) is 4.02. The molecule has 32 heavy (non-hydrogen) atoms. The first-order valence-corrected chi connectivity index (χ1v) is 13.3. The summed E-state index contributed by atoms with van der Waals surface area (Å²) < 4.78 is 11.1. The van der Waals surface area contributed by atoms with Gasteiger partial charge in [-0.3, -0.25) is 0 Å². The monoisotopic (exact) mass is 448 g/mol. The molecule has 1 atom stereocenters. The summed E-state index contributed by atoms with van der Waals surface area (Å²) in [5.41, 5.74) is 0. The molecule has 0 aliphatic carbocycles. The predicted octanol–water partition coefficient (Wildman–Crippen LogP) is 8.19. The van der Waals surface area contributed by atoms with E-state index in [2.05, 4.69) is 6.92 Å². The van der Waals surface area contributed by atoms with Gasteiger partial charge in [-0.1, -0.05) is 128 Å². The van der Waals surface area contributed by atoms with Gasteiger partial charge in [0, 0.05) is 0 Å². The van der Waals surface area contributed by atoms with Gasteiger partial charge in [0.1, 0.15) is 12.4 Å². The second-order valence-electron chi connectivity index (χ2n) is 8.95. The summed E-state index contributed by atoms with van der Waals surface area (Å²) in [6, 6.07) is 9.51. The molecular weight excluding hydrogens is 400 g/mol. The van der Waals surface area contributed by atoms with Crippen molar-refractivity contribution in [1.29, 1.82) is 0 Å². The summed E-state index contributed by atoms with van der Waals surface area (Å²) in [6.07, 6.45) is 21.0. The first-order valence-electron chi connectivity index (χ1n) is 13.3. The Kier molecular flexibility index (Phi) is 19.0. The van der Waals surface area contributed by atoms with Crippen molar-refractivity contribution in [2.75, 3.05) is 13.2 Å². The van der Waals surface area contributed by atoms with Gasteiger partial charge in [0.2, 0.25) is 0 Å². The smallest absolute Gasteiger partial charge is 0.332 e. The number of benzene rings is 1. The van der Waals surface area contributed by atoms with Gasteiger partial charge in [-0.05, 0) is 18.6 Å². The van der Waals surface area contributed by atoms with E-state index < -0.39 is 12.1 Å². The minimum atomic E-state index is -0.870. The predicted molar refractivity (Wildman–Crippen MR) is 133 cm³/mol. The Bertz CT molecular complexity index is 531. The van der Waals surface area contributed by atoms with E-state index in [0.717, 1.165) is 18.6 Å². The van der Waals surface area contributed by atoms with Crippen LogP contribution in [0.25, 0.3) is 0 Å². The lowest BCUT2D eigenvalue weighted by Crippen LogP contribution is -2.26. The minimum absolute atomic E-state index is 0.296. The van der Waals surface area contributed by atoms with Crippen molar-refractivity contribution >= 4 is 5.97 Å². The Labute approximate surface area is 197 Å². The van der Waals surface area contributed by atoms with Gasteiger partial charge >= 0.3 is 5.97 Å². The third-order valence-corrected chi connectivity index (χ3v) is 6.01. The maximum Gasteiger partial charge on any atom is 0.332 e. The van der Waals surface area contributed by atoms with Crippen LogP contribution in [0.5, 0.6) is 5.75 Å². The van der Waals surface area contributed by atoms with Gasteiger partial charge in [0.05, 0.1) is 6.61 Å². The number of hydrogen-bond donors (Lipinski definition) is 1. The Balaban J connectivity index is 1.87. The number of ether oxygens (including phenoxy) is 2. The van der Waals surface area contributed by atoms with E-state index in [-0.39, 0.29) is 0 Å². The molecule has 4 heteroatoms. The number of aliphatic carboxylic acids is 1. The normalized spacial score (nSPS) is 12.0. The third-order valence-electron chi connectivity index (χ3n) is 6.01. The Morgan fingerprint density at radius 1 is 0.719 bits per heavy atom. The Morgan fingerprint density at radius 2 is 1.19 bits per heavy atom. The molecule has 0 aromatic heterocycles. The molecule has 1 aromatic carbocycles. The van der Waals surface area contributed by atoms with Gasteiger partial charge in [0.15, 0.2) is 6.10 Å². The second kappa shape index (κ2) is 21.3. The summed E-state index contributed by atoms with van der Waals surface area (Å²) in [5.74, 6) is -0.0912. The van der Waals surface area contributed by atoms with Crippen molar-refractivity contribution in [2.24, 2.45) is 0 Å². The quantitative estimate of drug-likeness (QED) is 0.171. The maximum atomic E-state index is 11.4. The lowest BCUT2D eigenvalue weighted by molar-refractivity contribution is -0.151. The van der Waals surface area contributed by atoms with Gasteiger partial charge in [-0.25, -0.2) is 4.79 Å². The second-order valence-corrected chi connectivity index (χ2v) is 8.95. The highest BCUT2D eigenvalue weighted by molar-refractivity contribution is 5.72. The number of carboxylic acids is 1. The molecule has 0 spiro atoms. The molecule has 0 aliphatic heterocycles. The first-order chi connectivity index (χ1) is 15.7. The Hall–Kier alpha value is -1.55. The molecular formula is C28H48O4. The van der Waals surface area contributed by atoms with Crippen molar-refractivity contribution in [3.8, 4) is 5.75 Å². The lowest BCUT2D eigenvalue weighted by atomic mass is 10.0. The average Bonchev–Trinajstić information content (AvgIpc) is 2.80. The van der Waals surface area contributed by atoms with Gasteiger partial charge in [-0.2, -0.15) is 0 Å². The van der Waals surface area contributed by atoms with Gasteiger partial charge < -0.3 is 14.6 Å². The van der Waals surface area contributed by atoms with Crippen LogP contribution in [0.15, 0.2) is 30.3 Å². The molecule has 1 N–H and O–H groups in total. The zero-order valence-electron chi connectivity index (χ0n) is 20.6. The van der Waals surface area contributed by atoms with Gasteiger partial charge in [0.25, 0.3) is 0 Å². The number of carboxylic acid groups (broad SMARTS) is 1. The fourth-order valence-electron chi connectivity index (χ4n) is 4.02. The summed E-state index contributed by atoms with van der Waals surface area (Å²) in [4.78, 5) is 11.4. The van der Waals surface area contributed by atoms with E-state index in [9.17, 15) is 9.90 Å². The molecule has 0 saturated carbocycles. The number of unbranched alkanes of at least 4 members (excludes halogenated alkanes) is 15. The molecule has 1 unspecified atom stereocenters. The number of hydrogen-bond acceptors (Lipinski definition) is 3. The molecule has 0 amide bonds. The van der Waals surface area contributed by atoms with Crippen molar-refractivity contribution in [1.82, 2.24) is 0 Å². The van der Waals surface area contributed by atoms with E-state index in [1.807, 2.05) is 30.3 Å². The molecule has 0 bridgehead atoms. The van der Waals surface area contributed by atoms with Crippen LogP contribution in [0.1, 0.15) is 116 Å². The molecule has 184 valence electrons. The summed E-state index contributed by atoms with van der Waals surface area (Å²) in [6.45, 7) is 2.94. The van der Waals surface area contributed by atoms with Gasteiger partial charge in [-0.15, -0.1) is 0 Å². The maximum absolute atomic E-state index is 11.4. The minimum Gasteiger partial charge on any atom is -0.491 e. The van der Waals surface area contributed by atoms with Crippen LogP contribution in [0.4, 0.5) is 0 Å². The van der Waals surface area contributed by atoms with E-state index in [1.165, 1.54) is 89.9 Å². The topological polar surface area (TPSA) is 55.8 Å². The molecule has 4 nitrogen and oxygen atoms in total. The van der Waals surface area contributed by atoms with E-state index in [4.69, 9.17) is 9.47 Å². The molecule has 0 aliphatic rings. The summed E-state index contributed by atoms with van der Waals surface area (Å²) in [5, 5.41) is 9.35. The number of rotatable bonds is 23. The van der Waals surface area contributed by atoms with Crippen molar-refractivity contribution in [3.05, 3.63) is 30.3 Å². The van der Waals surface area contributed by atoms with E-state index >= 15 is 0 Å². The molecule has 0 heterocycles. The van der Waals surface area contributed by atoms with E-state index in [0.29, 0.717) is 19.6 Å². The highest BCUT2D eigenvalue weighted by Crippen LogP contribution is 2.15. The first kappa shape index (κ1) is 28.5. The molecule has 1 aromatic rings. The van der Waals surface area contributed by atoms with Crippen LogP contribution < -0.4 is 4.74 Å². The SMILES string of the molecule is CCCCCCCCCCCCCCCCCCC(OCCOc1ccccc1)C(=O)O. The largest absolute Gasteiger partial charge is 0.491 e. The average molecular weight is 449 g/mol. The summed E-state index contributed by atoms with van der Waals surface area (Å²) >= 11 is 0. The highest BCUT2D eigenvalue weighted by Gasteiger charge is 2.17. The number of para-hydroxylation sites is 1. The zero-order chi connectivity index (χ0) is 23.1. The van der Waals surface area contributed by atoms with Crippen LogP contribution in [0, 0.1) is 0 Å². The van der Waals surface area contributed by atoms with E-state index in [1.54, 1.807) is 0 Å². The molecule has 0 saturated heterocycles. The lowest BCUT2D eigenvalue weighted by Gasteiger charge is -2.14. The van der Waals surface area contributed by atoms with Crippen molar-refractivity contribution in [3.63, 3.8) is 0 Å². The van der Waals surface area contributed by atoms with Crippen molar-refractivity contribution < 1.29 is 19.4 Å². The van der Waals surface area contributed by atoms with Crippen LogP contribution in [-0.4, -0.2) is 30.4 Å². The molecule has 0 fully saturated rings. The number of carbonyl (C=O) groups is 1.